The summed E-state index contributed by atoms with van der Waals surface area (Å²) < 4.78 is 51.4. The number of rotatable bonds is 6. The summed E-state index contributed by atoms with van der Waals surface area (Å²) in [6.07, 6.45) is 3.08. The van der Waals surface area contributed by atoms with Crippen LogP contribution >= 0.6 is 0 Å². The number of nitrogens with one attached hydrogen (secondary N) is 1. The van der Waals surface area contributed by atoms with Crippen molar-refractivity contribution in [2.24, 2.45) is 0 Å². The van der Waals surface area contributed by atoms with Gasteiger partial charge in [-0.1, -0.05) is 26.0 Å². The zero-order chi connectivity index (χ0) is 26.4. The Hall–Kier alpha value is -2.99. The summed E-state index contributed by atoms with van der Waals surface area (Å²) in [5.74, 6) is -0.807. The molecule has 1 saturated heterocycles. The molecule has 3 aromatic rings. The number of carbonyl (C=O) groups is 1. The lowest BCUT2D eigenvalue weighted by Gasteiger charge is -2.33. The van der Waals surface area contributed by atoms with E-state index in [-0.39, 0.29) is 11.6 Å². The summed E-state index contributed by atoms with van der Waals surface area (Å²) in [6, 6.07) is 9.31. The van der Waals surface area contributed by atoms with E-state index >= 15 is 0 Å². The lowest BCUT2D eigenvalue weighted by Crippen LogP contribution is -2.39. The fraction of sp³-hybridized carbons (Fsp3) is 0.458. The highest BCUT2D eigenvalue weighted by molar-refractivity contribution is 7.91. The smallest absolute Gasteiger partial charge is 0.283 e. The average Bonchev–Trinajstić information content (AvgIpc) is 3.17. The summed E-state index contributed by atoms with van der Waals surface area (Å²) in [4.78, 5) is 19.5. The fourth-order valence-corrected chi connectivity index (χ4v) is 6.09. The van der Waals surface area contributed by atoms with Crippen LogP contribution < -0.4 is 9.62 Å². The van der Waals surface area contributed by atoms with E-state index in [0.717, 1.165) is 28.6 Å². The van der Waals surface area contributed by atoms with Crippen molar-refractivity contribution in [2.75, 3.05) is 30.5 Å². The Balaban J connectivity index is 1.94. The van der Waals surface area contributed by atoms with Gasteiger partial charge in [0.05, 0.1) is 34.0 Å². The third-order valence-corrected chi connectivity index (χ3v) is 8.57. The molecule has 0 atom stereocenters. The minimum atomic E-state index is -3.80. The van der Waals surface area contributed by atoms with E-state index in [1.54, 1.807) is 10.7 Å². The van der Waals surface area contributed by atoms with Crippen LogP contribution in [-0.4, -0.2) is 68.4 Å². The molecule has 1 aliphatic rings. The van der Waals surface area contributed by atoms with Crippen molar-refractivity contribution in [1.29, 1.82) is 0 Å². The lowest BCUT2D eigenvalue weighted by molar-refractivity contribution is 0.0977. The van der Waals surface area contributed by atoms with E-state index in [0.29, 0.717) is 37.3 Å². The molecule has 0 radical (unpaired) electrons. The maximum absolute atomic E-state index is 12.9. The zero-order valence-electron chi connectivity index (χ0n) is 21.0. The molecule has 0 saturated carbocycles. The fourth-order valence-electron chi connectivity index (χ4n) is 4.58. The first-order chi connectivity index (χ1) is 16.7. The molecule has 4 rings (SSSR count). The monoisotopic (exact) mass is 533 g/mol. The van der Waals surface area contributed by atoms with E-state index in [1.165, 1.54) is 6.26 Å². The van der Waals surface area contributed by atoms with Gasteiger partial charge in [-0.25, -0.2) is 31.2 Å². The summed E-state index contributed by atoms with van der Waals surface area (Å²) in [5, 5.41) is 5.21. The molecule has 194 valence electrons. The highest BCUT2D eigenvalue weighted by Gasteiger charge is 2.30. The van der Waals surface area contributed by atoms with E-state index in [4.69, 9.17) is 5.10 Å². The van der Waals surface area contributed by atoms with Gasteiger partial charge in [0.25, 0.3) is 5.91 Å². The van der Waals surface area contributed by atoms with Gasteiger partial charge < -0.3 is 4.90 Å². The number of aromatic nitrogens is 3. The first kappa shape index (κ1) is 26.1. The molecule has 1 aliphatic heterocycles. The van der Waals surface area contributed by atoms with Crippen LogP contribution in [0.25, 0.3) is 16.7 Å². The number of aryl methyl sites for hydroxylation is 1. The Kier molecular flexibility index (Phi) is 6.86. The third kappa shape index (κ3) is 5.39. The van der Waals surface area contributed by atoms with Crippen molar-refractivity contribution in [3.8, 4) is 5.69 Å². The van der Waals surface area contributed by atoms with E-state index < -0.39 is 31.0 Å². The Labute approximate surface area is 211 Å². The third-order valence-electron chi connectivity index (χ3n) is 6.34. The largest absolute Gasteiger partial charge is 0.371 e. The molecule has 3 heterocycles. The van der Waals surface area contributed by atoms with Gasteiger partial charge in [0.1, 0.15) is 15.5 Å². The second-order valence-corrected chi connectivity index (χ2v) is 13.8. The number of amides is 1. The molecular weight excluding hydrogens is 502 g/mol. The standard InChI is InChI=1S/C24H31N5O5S2/c1-15(2)22-21-20(28-11-9-18(10-12-28)35(4,31)32)14-19(24(30)27-36(5,33)34)25-23(21)29(26-22)17-8-6-7-16(3)13-17/h6-8,13-15,18H,9-12H2,1-5H3,(H,27,30). The van der Waals surface area contributed by atoms with Gasteiger partial charge in [0.15, 0.2) is 5.65 Å². The van der Waals surface area contributed by atoms with E-state index in [2.05, 4.69) is 4.98 Å². The van der Waals surface area contributed by atoms with Crippen molar-refractivity contribution in [1.82, 2.24) is 19.5 Å². The summed E-state index contributed by atoms with van der Waals surface area (Å²) in [7, 11) is -6.96. The van der Waals surface area contributed by atoms with Crippen LogP contribution in [0.2, 0.25) is 0 Å². The van der Waals surface area contributed by atoms with Crippen LogP contribution in [0.4, 0.5) is 5.69 Å². The van der Waals surface area contributed by atoms with Crippen LogP contribution in [0, 0.1) is 6.92 Å². The number of pyridine rings is 1. The minimum Gasteiger partial charge on any atom is -0.371 e. The van der Waals surface area contributed by atoms with Gasteiger partial charge in [0.2, 0.25) is 10.0 Å². The molecule has 36 heavy (non-hydrogen) atoms. The van der Waals surface area contributed by atoms with Crippen LogP contribution in [0.5, 0.6) is 0 Å². The number of piperidine rings is 1. The summed E-state index contributed by atoms with van der Waals surface area (Å²) >= 11 is 0. The maximum Gasteiger partial charge on any atom is 0.283 e. The van der Waals surface area contributed by atoms with Crippen molar-refractivity contribution in [3.63, 3.8) is 0 Å². The molecule has 0 spiro atoms. The predicted octanol–water partition coefficient (Wildman–Crippen LogP) is 2.56. The zero-order valence-corrected chi connectivity index (χ0v) is 22.6. The summed E-state index contributed by atoms with van der Waals surface area (Å²) in [6.45, 7) is 6.95. The number of carbonyl (C=O) groups excluding carboxylic acids is 1. The SMILES string of the molecule is Cc1cccc(-n2nc(C(C)C)c3c(N4CCC(S(C)(=O)=O)CC4)cc(C(=O)NS(C)(=O)=O)nc32)c1. The number of sulfone groups is 1. The van der Waals surface area contributed by atoms with Gasteiger partial charge in [-0.05, 0) is 49.4 Å². The normalized spacial score (nSPS) is 15.6. The molecule has 1 aromatic carbocycles. The molecule has 1 amide bonds. The number of fused-ring (bicyclic) bond motifs is 1. The number of hydrogen-bond acceptors (Lipinski definition) is 8. The lowest BCUT2D eigenvalue weighted by atomic mass is 10.0. The predicted molar refractivity (Wildman–Crippen MR) is 140 cm³/mol. The topological polar surface area (TPSA) is 131 Å². The highest BCUT2D eigenvalue weighted by atomic mass is 32.2. The highest BCUT2D eigenvalue weighted by Crippen LogP contribution is 2.36. The number of hydrogen-bond donors (Lipinski definition) is 1. The first-order valence-electron chi connectivity index (χ1n) is 11.7. The second kappa shape index (κ2) is 9.47. The average molecular weight is 534 g/mol. The number of sulfonamides is 1. The van der Waals surface area contributed by atoms with Crippen molar-refractivity contribution in [3.05, 3.63) is 47.3 Å². The molecule has 0 aliphatic carbocycles. The van der Waals surface area contributed by atoms with Gasteiger partial charge >= 0.3 is 0 Å². The van der Waals surface area contributed by atoms with E-state index in [9.17, 15) is 21.6 Å². The number of nitrogens with zero attached hydrogens (tertiary/aromatic N) is 4. The quantitative estimate of drug-likeness (QED) is 0.511. The molecule has 1 N–H and O–H groups in total. The first-order valence-corrected chi connectivity index (χ1v) is 15.6. The van der Waals surface area contributed by atoms with Crippen LogP contribution in [0.3, 0.4) is 0 Å². The second-order valence-electron chi connectivity index (χ2n) is 9.74. The molecule has 1 fully saturated rings. The van der Waals surface area contributed by atoms with Crippen molar-refractivity contribution < 1.29 is 21.6 Å². The van der Waals surface area contributed by atoms with Crippen LogP contribution in [-0.2, 0) is 19.9 Å². The van der Waals surface area contributed by atoms with Gasteiger partial charge in [-0.3, -0.25) is 4.79 Å². The van der Waals surface area contributed by atoms with Crippen molar-refractivity contribution in [2.45, 2.75) is 44.8 Å². The molecule has 0 unspecified atom stereocenters. The van der Waals surface area contributed by atoms with Gasteiger partial charge in [0, 0.05) is 19.3 Å². The number of benzene rings is 1. The Morgan fingerprint density at radius 1 is 1.08 bits per heavy atom. The molecule has 12 heteroatoms. The minimum absolute atomic E-state index is 0.0309. The van der Waals surface area contributed by atoms with Crippen LogP contribution in [0.15, 0.2) is 30.3 Å². The molecule has 2 aromatic heterocycles. The molecular formula is C24H31N5O5S2. The van der Waals surface area contributed by atoms with Gasteiger partial charge in [-0.15, -0.1) is 0 Å². The van der Waals surface area contributed by atoms with Crippen molar-refractivity contribution >= 4 is 42.5 Å². The van der Waals surface area contributed by atoms with Crippen LogP contribution in [0.1, 0.15) is 54.4 Å². The summed E-state index contributed by atoms with van der Waals surface area (Å²) in [5.41, 5.74) is 3.64. The number of anilines is 1. The maximum atomic E-state index is 12.9. The van der Waals surface area contributed by atoms with E-state index in [1.807, 2.05) is 54.7 Å². The Bertz CT molecular complexity index is 1540. The van der Waals surface area contributed by atoms with Gasteiger partial charge in [-0.2, -0.15) is 5.10 Å². The molecule has 0 bridgehead atoms. The Morgan fingerprint density at radius 2 is 1.75 bits per heavy atom. The molecule has 10 nitrogen and oxygen atoms in total. The Morgan fingerprint density at radius 3 is 2.31 bits per heavy atom.